The van der Waals surface area contributed by atoms with Crippen LogP contribution in [0.1, 0.15) is 41.4 Å². The Bertz CT molecular complexity index is 725. The van der Waals surface area contributed by atoms with Crippen molar-refractivity contribution in [1.29, 1.82) is 0 Å². The molecule has 1 aromatic heterocycles. The molecule has 0 bridgehead atoms. The first kappa shape index (κ1) is 15.9. The zero-order valence-electron chi connectivity index (χ0n) is 14.1. The number of fused-ring (bicyclic) bond motifs is 1. The van der Waals surface area contributed by atoms with Gasteiger partial charge in [0.1, 0.15) is 0 Å². The lowest BCUT2D eigenvalue weighted by Crippen LogP contribution is -2.43. The van der Waals surface area contributed by atoms with Gasteiger partial charge < -0.3 is 9.64 Å². The van der Waals surface area contributed by atoms with Crippen molar-refractivity contribution < 1.29 is 9.53 Å². The lowest BCUT2D eigenvalue weighted by Gasteiger charge is -2.32. The van der Waals surface area contributed by atoms with Crippen LogP contribution < -0.4 is 0 Å². The van der Waals surface area contributed by atoms with Gasteiger partial charge in [-0.3, -0.25) is 9.78 Å². The molecule has 4 nitrogen and oxygen atoms in total. The molecule has 0 spiro atoms. The second-order valence-electron chi connectivity index (χ2n) is 6.29. The Labute approximate surface area is 137 Å². The van der Waals surface area contributed by atoms with E-state index in [9.17, 15) is 4.79 Å². The Morgan fingerprint density at radius 2 is 2.17 bits per heavy atom. The van der Waals surface area contributed by atoms with Crippen molar-refractivity contribution in [3.63, 3.8) is 0 Å². The van der Waals surface area contributed by atoms with Gasteiger partial charge in [0.2, 0.25) is 0 Å². The third-order valence-corrected chi connectivity index (χ3v) is 4.46. The van der Waals surface area contributed by atoms with Gasteiger partial charge in [-0.2, -0.15) is 0 Å². The fourth-order valence-electron chi connectivity index (χ4n) is 3.27. The van der Waals surface area contributed by atoms with E-state index in [1.807, 2.05) is 36.9 Å². The smallest absolute Gasteiger partial charge is 0.255 e. The number of carbonyl (C=O) groups is 1. The number of carbonyl (C=O) groups excluding carboxylic acids is 1. The van der Waals surface area contributed by atoms with Gasteiger partial charge in [0.15, 0.2) is 0 Å². The molecule has 1 amide bonds. The molecule has 0 saturated carbocycles. The summed E-state index contributed by atoms with van der Waals surface area (Å²) in [6, 6.07) is 8.13. The van der Waals surface area contributed by atoms with E-state index in [0.717, 1.165) is 36.0 Å². The summed E-state index contributed by atoms with van der Waals surface area (Å²) < 4.78 is 5.71. The number of rotatable bonds is 3. The van der Waals surface area contributed by atoms with Crippen LogP contribution in [0.3, 0.4) is 0 Å². The van der Waals surface area contributed by atoms with Crippen LogP contribution in [0.25, 0.3) is 10.9 Å². The first-order chi connectivity index (χ1) is 11.1. The maximum atomic E-state index is 12.9. The Kier molecular flexibility index (Phi) is 4.62. The zero-order chi connectivity index (χ0) is 16.4. The van der Waals surface area contributed by atoms with E-state index in [1.54, 1.807) is 0 Å². The number of hydrogen-bond donors (Lipinski definition) is 0. The van der Waals surface area contributed by atoms with Gasteiger partial charge in [0.05, 0.1) is 22.9 Å². The maximum absolute atomic E-state index is 12.9. The van der Waals surface area contributed by atoms with E-state index in [0.29, 0.717) is 18.7 Å². The van der Waals surface area contributed by atoms with Gasteiger partial charge in [-0.1, -0.05) is 11.6 Å². The summed E-state index contributed by atoms with van der Waals surface area (Å²) in [6.07, 6.45) is 2.19. The minimum absolute atomic E-state index is 0.0720. The minimum Gasteiger partial charge on any atom is -0.377 e. The zero-order valence-corrected chi connectivity index (χ0v) is 14.1. The number of pyridine rings is 1. The monoisotopic (exact) mass is 312 g/mol. The predicted molar refractivity (Wildman–Crippen MR) is 91.8 cm³/mol. The Morgan fingerprint density at radius 1 is 1.35 bits per heavy atom. The molecule has 1 unspecified atom stereocenters. The van der Waals surface area contributed by atoms with E-state index >= 15 is 0 Å². The topological polar surface area (TPSA) is 42.4 Å². The molecule has 1 aliphatic rings. The number of benzene rings is 1. The summed E-state index contributed by atoms with van der Waals surface area (Å²) in [4.78, 5) is 19.5. The number of likely N-dealkylation sites (tertiary alicyclic amines) is 1. The highest BCUT2D eigenvalue weighted by Gasteiger charge is 2.26. The third-order valence-electron chi connectivity index (χ3n) is 4.46. The number of nitrogens with zero attached hydrogens (tertiary/aromatic N) is 2. The molecule has 0 aliphatic carbocycles. The number of ether oxygens (including phenoxy) is 1. The summed E-state index contributed by atoms with van der Waals surface area (Å²) in [7, 11) is 0. The molecule has 1 saturated heterocycles. The molecule has 2 aromatic rings. The third kappa shape index (κ3) is 3.37. The Balaban J connectivity index is 1.89. The van der Waals surface area contributed by atoms with Crippen LogP contribution >= 0.6 is 0 Å². The molecule has 122 valence electrons. The molecule has 1 aliphatic heterocycles. The minimum atomic E-state index is 0.0720. The van der Waals surface area contributed by atoms with Crippen LogP contribution in [-0.2, 0) is 4.74 Å². The molecule has 1 fully saturated rings. The second kappa shape index (κ2) is 6.67. The summed E-state index contributed by atoms with van der Waals surface area (Å²) in [6.45, 7) is 8.14. The van der Waals surface area contributed by atoms with Crippen molar-refractivity contribution in [2.24, 2.45) is 0 Å². The summed E-state index contributed by atoms with van der Waals surface area (Å²) in [5, 5.41) is 1.03. The van der Waals surface area contributed by atoms with Gasteiger partial charge >= 0.3 is 0 Å². The lowest BCUT2D eigenvalue weighted by molar-refractivity contribution is 0.00720. The highest BCUT2D eigenvalue weighted by atomic mass is 16.5. The van der Waals surface area contributed by atoms with Gasteiger partial charge in [-0.05, 0) is 51.8 Å². The van der Waals surface area contributed by atoms with Crippen molar-refractivity contribution in [2.75, 3.05) is 19.7 Å². The SMILES string of the molecule is CCOC1CCCN(C(=O)c2cc3cc(C)ccc3nc2C)C1. The molecule has 0 radical (unpaired) electrons. The molecule has 4 heteroatoms. The van der Waals surface area contributed by atoms with E-state index in [1.165, 1.54) is 5.56 Å². The lowest BCUT2D eigenvalue weighted by atomic mass is 10.0. The van der Waals surface area contributed by atoms with Crippen molar-refractivity contribution in [2.45, 2.75) is 39.7 Å². The van der Waals surface area contributed by atoms with Crippen LogP contribution in [-0.4, -0.2) is 41.6 Å². The predicted octanol–water partition coefficient (Wildman–Crippen LogP) is 3.49. The highest BCUT2D eigenvalue weighted by Crippen LogP contribution is 2.21. The van der Waals surface area contributed by atoms with Crippen molar-refractivity contribution >= 4 is 16.8 Å². The van der Waals surface area contributed by atoms with Gasteiger partial charge in [0.25, 0.3) is 5.91 Å². The summed E-state index contributed by atoms with van der Waals surface area (Å²) in [5.41, 5.74) is 3.62. The average molecular weight is 312 g/mol. The van der Waals surface area contributed by atoms with Crippen LogP contribution in [0.2, 0.25) is 0 Å². The molecule has 2 heterocycles. The molecule has 23 heavy (non-hydrogen) atoms. The van der Waals surface area contributed by atoms with Crippen molar-refractivity contribution in [1.82, 2.24) is 9.88 Å². The number of amides is 1. The summed E-state index contributed by atoms with van der Waals surface area (Å²) in [5.74, 6) is 0.0720. The quantitative estimate of drug-likeness (QED) is 0.871. The van der Waals surface area contributed by atoms with Crippen molar-refractivity contribution in [3.05, 3.63) is 41.1 Å². The van der Waals surface area contributed by atoms with Crippen LogP contribution in [0.15, 0.2) is 24.3 Å². The van der Waals surface area contributed by atoms with E-state index in [4.69, 9.17) is 4.74 Å². The van der Waals surface area contributed by atoms with E-state index in [-0.39, 0.29) is 12.0 Å². The molecular formula is C19H24N2O2. The van der Waals surface area contributed by atoms with Gasteiger partial charge in [0, 0.05) is 25.1 Å². The van der Waals surface area contributed by atoms with E-state index in [2.05, 4.69) is 18.0 Å². The van der Waals surface area contributed by atoms with Crippen LogP contribution in [0.5, 0.6) is 0 Å². The van der Waals surface area contributed by atoms with Gasteiger partial charge in [-0.15, -0.1) is 0 Å². The normalized spacial score (nSPS) is 18.4. The Morgan fingerprint density at radius 3 is 2.96 bits per heavy atom. The standard InChI is InChI=1S/C19H24N2O2/c1-4-23-16-6-5-9-21(12-16)19(22)17-11-15-10-13(2)7-8-18(15)20-14(17)3/h7-8,10-11,16H,4-6,9,12H2,1-3H3. The van der Waals surface area contributed by atoms with Crippen molar-refractivity contribution in [3.8, 4) is 0 Å². The summed E-state index contributed by atoms with van der Waals surface area (Å²) >= 11 is 0. The fraction of sp³-hybridized carbons (Fsp3) is 0.474. The molecular weight excluding hydrogens is 288 g/mol. The first-order valence-corrected chi connectivity index (χ1v) is 8.37. The number of hydrogen-bond acceptors (Lipinski definition) is 3. The largest absolute Gasteiger partial charge is 0.377 e. The number of aromatic nitrogens is 1. The van der Waals surface area contributed by atoms with Gasteiger partial charge in [-0.25, -0.2) is 0 Å². The first-order valence-electron chi connectivity index (χ1n) is 8.37. The van der Waals surface area contributed by atoms with Crippen LogP contribution in [0, 0.1) is 13.8 Å². The van der Waals surface area contributed by atoms with Crippen LogP contribution in [0.4, 0.5) is 0 Å². The number of piperidine rings is 1. The Hall–Kier alpha value is -1.94. The molecule has 0 N–H and O–H groups in total. The molecule has 3 rings (SSSR count). The number of aryl methyl sites for hydroxylation is 2. The highest BCUT2D eigenvalue weighted by molar-refractivity contribution is 5.98. The second-order valence-corrected chi connectivity index (χ2v) is 6.29. The van der Waals surface area contributed by atoms with E-state index < -0.39 is 0 Å². The molecule has 1 atom stereocenters. The average Bonchev–Trinajstić information content (AvgIpc) is 2.54. The maximum Gasteiger partial charge on any atom is 0.255 e. The fourth-order valence-corrected chi connectivity index (χ4v) is 3.27. The molecule has 1 aromatic carbocycles.